The quantitative estimate of drug-likeness (QED) is 0.758. The number of benzene rings is 2. The Morgan fingerprint density at radius 2 is 1.81 bits per heavy atom. The molecule has 1 atom stereocenters. The molecule has 5 nitrogen and oxygen atoms in total. The second kappa shape index (κ2) is 8.67. The first-order chi connectivity index (χ1) is 12.3. The Kier molecular flexibility index (Phi) is 6.58. The van der Waals surface area contributed by atoms with Gasteiger partial charge in [-0.2, -0.15) is 0 Å². The second-order valence-electron chi connectivity index (χ2n) is 6.04. The van der Waals surface area contributed by atoms with Gasteiger partial charge in [0.15, 0.2) is 0 Å². The highest BCUT2D eigenvalue weighted by Gasteiger charge is 2.16. The van der Waals surface area contributed by atoms with Gasteiger partial charge in [0.25, 0.3) is 5.91 Å². The molecule has 7 heteroatoms. The largest absolute Gasteiger partial charge is 0.377 e. The SMILES string of the molecule is CC(Cl)C(=O)Nc1ccc(N(C)C)c(C(=O)NCc2ccc(F)cc2)c1. The normalized spacial score (nSPS) is 11.6. The summed E-state index contributed by atoms with van der Waals surface area (Å²) in [6.45, 7) is 1.84. The molecule has 2 aromatic carbocycles. The summed E-state index contributed by atoms with van der Waals surface area (Å²) in [5.74, 6) is -0.970. The van der Waals surface area contributed by atoms with Crippen molar-refractivity contribution in [1.82, 2.24) is 5.32 Å². The van der Waals surface area contributed by atoms with Gasteiger partial charge in [0, 0.05) is 32.0 Å². The zero-order chi connectivity index (χ0) is 19.3. The van der Waals surface area contributed by atoms with Crippen LogP contribution >= 0.6 is 11.6 Å². The fraction of sp³-hybridized carbons (Fsp3) is 0.263. The molecule has 0 bridgehead atoms. The molecule has 2 amide bonds. The molecule has 2 rings (SSSR count). The average molecular weight is 378 g/mol. The van der Waals surface area contributed by atoms with E-state index in [9.17, 15) is 14.0 Å². The number of nitrogens with zero attached hydrogens (tertiary/aromatic N) is 1. The van der Waals surface area contributed by atoms with Crippen LogP contribution in [0.5, 0.6) is 0 Å². The van der Waals surface area contributed by atoms with E-state index in [1.807, 2.05) is 19.0 Å². The number of carbonyl (C=O) groups is 2. The third-order valence-corrected chi connectivity index (χ3v) is 3.92. The van der Waals surface area contributed by atoms with E-state index in [0.717, 1.165) is 5.56 Å². The molecule has 0 aromatic heterocycles. The number of alkyl halides is 1. The predicted molar refractivity (Wildman–Crippen MR) is 102 cm³/mol. The Bertz CT molecular complexity index is 792. The number of anilines is 2. The highest BCUT2D eigenvalue weighted by molar-refractivity contribution is 6.32. The molecule has 0 saturated heterocycles. The van der Waals surface area contributed by atoms with Gasteiger partial charge in [-0.25, -0.2) is 4.39 Å². The van der Waals surface area contributed by atoms with Crippen molar-refractivity contribution in [1.29, 1.82) is 0 Å². The van der Waals surface area contributed by atoms with E-state index in [4.69, 9.17) is 11.6 Å². The summed E-state index contributed by atoms with van der Waals surface area (Å²) in [5.41, 5.74) is 2.39. The minimum absolute atomic E-state index is 0.265. The Balaban J connectivity index is 2.19. The molecule has 0 aliphatic heterocycles. The Morgan fingerprint density at radius 3 is 2.38 bits per heavy atom. The van der Waals surface area contributed by atoms with Crippen LogP contribution in [0.25, 0.3) is 0 Å². The molecule has 0 fully saturated rings. The van der Waals surface area contributed by atoms with E-state index in [1.54, 1.807) is 37.3 Å². The van der Waals surface area contributed by atoms with Crippen molar-refractivity contribution >= 4 is 34.8 Å². The molecule has 1 unspecified atom stereocenters. The van der Waals surface area contributed by atoms with Gasteiger partial charge >= 0.3 is 0 Å². The highest BCUT2D eigenvalue weighted by atomic mass is 35.5. The van der Waals surface area contributed by atoms with Crippen molar-refractivity contribution in [2.75, 3.05) is 24.3 Å². The third-order valence-electron chi connectivity index (χ3n) is 3.72. The number of hydrogen-bond acceptors (Lipinski definition) is 3. The van der Waals surface area contributed by atoms with Crippen LogP contribution < -0.4 is 15.5 Å². The minimum atomic E-state index is -0.681. The predicted octanol–water partition coefficient (Wildman–Crippen LogP) is 3.39. The van der Waals surface area contributed by atoms with Gasteiger partial charge in [-0.3, -0.25) is 9.59 Å². The number of halogens is 2. The van der Waals surface area contributed by atoms with Crippen molar-refractivity contribution in [3.63, 3.8) is 0 Å². The van der Waals surface area contributed by atoms with Crippen LogP contribution in [0.3, 0.4) is 0 Å². The lowest BCUT2D eigenvalue weighted by molar-refractivity contribution is -0.115. The van der Waals surface area contributed by atoms with Crippen LogP contribution in [0, 0.1) is 5.82 Å². The van der Waals surface area contributed by atoms with Crippen LogP contribution in [-0.4, -0.2) is 31.3 Å². The number of hydrogen-bond donors (Lipinski definition) is 2. The average Bonchev–Trinajstić information content (AvgIpc) is 2.60. The van der Waals surface area contributed by atoms with E-state index >= 15 is 0 Å². The smallest absolute Gasteiger partial charge is 0.253 e. The van der Waals surface area contributed by atoms with Crippen LogP contribution in [0.1, 0.15) is 22.8 Å². The maximum absolute atomic E-state index is 13.0. The lowest BCUT2D eigenvalue weighted by atomic mass is 10.1. The van der Waals surface area contributed by atoms with Gasteiger partial charge in [0.1, 0.15) is 11.2 Å². The van der Waals surface area contributed by atoms with E-state index in [-0.39, 0.29) is 24.2 Å². The van der Waals surface area contributed by atoms with E-state index in [2.05, 4.69) is 10.6 Å². The molecule has 0 saturated carbocycles. The summed E-state index contributed by atoms with van der Waals surface area (Å²) >= 11 is 5.76. The van der Waals surface area contributed by atoms with E-state index < -0.39 is 5.38 Å². The molecule has 0 aliphatic rings. The van der Waals surface area contributed by atoms with Crippen LogP contribution in [0.2, 0.25) is 0 Å². The summed E-state index contributed by atoms with van der Waals surface area (Å²) in [6, 6.07) is 11.0. The van der Waals surface area contributed by atoms with Gasteiger partial charge in [0.2, 0.25) is 5.91 Å². The van der Waals surface area contributed by atoms with Crippen molar-refractivity contribution in [3.05, 3.63) is 59.4 Å². The lowest BCUT2D eigenvalue weighted by Gasteiger charge is -2.19. The maximum Gasteiger partial charge on any atom is 0.253 e. The molecule has 0 spiro atoms. The second-order valence-corrected chi connectivity index (χ2v) is 6.70. The number of carbonyl (C=O) groups excluding carboxylic acids is 2. The standard InChI is InChI=1S/C19H21ClFN3O2/c1-12(20)18(25)23-15-8-9-17(24(2)3)16(10-15)19(26)22-11-13-4-6-14(21)7-5-13/h4-10,12H,11H2,1-3H3,(H,22,26)(H,23,25). The summed E-state index contributed by atoms with van der Waals surface area (Å²) < 4.78 is 13.0. The van der Waals surface area contributed by atoms with E-state index in [1.165, 1.54) is 12.1 Å². The fourth-order valence-electron chi connectivity index (χ4n) is 2.31. The van der Waals surface area contributed by atoms with Gasteiger partial charge < -0.3 is 15.5 Å². The monoisotopic (exact) mass is 377 g/mol. The molecule has 0 aliphatic carbocycles. The number of amides is 2. The topological polar surface area (TPSA) is 61.4 Å². The van der Waals surface area contributed by atoms with Crippen molar-refractivity contribution in [2.45, 2.75) is 18.8 Å². The molecule has 26 heavy (non-hydrogen) atoms. The first-order valence-corrected chi connectivity index (χ1v) is 8.50. The van der Waals surface area contributed by atoms with Crippen molar-refractivity contribution in [2.24, 2.45) is 0 Å². The van der Waals surface area contributed by atoms with Gasteiger partial charge in [0.05, 0.1) is 5.56 Å². The summed E-state index contributed by atoms with van der Waals surface area (Å²) in [6.07, 6.45) is 0. The Hall–Kier alpha value is -2.60. The maximum atomic E-state index is 13.0. The zero-order valence-corrected chi connectivity index (χ0v) is 15.6. The van der Waals surface area contributed by atoms with Crippen LogP contribution in [0.4, 0.5) is 15.8 Å². The third kappa shape index (κ3) is 5.20. The first kappa shape index (κ1) is 19.7. The van der Waals surface area contributed by atoms with Crippen LogP contribution in [0.15, 0.2) is 42.5 Å². The summed E-state index contributed by atoms with van der Waals surface area (Å²) in [4.78, 5) is 26.2. The van der Waals surface area contributed by atoms with E-state index in [0.29, 0.717) is 16.9 Å². The van der Waals surface area contributed by atoms with Crippen molar-refractivity contribution < 1.29 is 14.0 Å². The van der Waals surface area contributed by atoms with Gasteiger partial charge in [-0.1, -0.05) is 12.1 Å². The zero-order valence-electron chi connectivity index (χ0n) is 14.8. The number of rotatable bonds is 6. The summed E-state index contributed by atoms with van der Waals surface area (Å²) in [5, 5.41) is 4.80. The Labute approximate surface area is 157 Å². The van der Waals surface area contributed by atoms with Gasteiger partial charge in [-0.15, -0.1) is 11.6 Å². The molecule has 138 valence electrons. The molecule has 2 aromatic rings. The van der Waals surface area contributed by atoms with Gasteiger partial charge in [-0.05, 0) is 42.8 Å². The molecule has 2 N–H and O–H groups in total. The summed E-state index contributed by atoms with van der Waals surface area (Å²) in [7, 11) is 3.65. The molecule has 0 radical (unpaired) electrons. The Morgan fingerprint density at radius 1 is 1.15 bits per heavy atom. The minimum Gasteiger partial charge on any atom is -0.377 e. The van der Waals surface area contributed by atoms with Crippen LogP contribution in [-0.2, 0) is 11.3 Å². The first-order valence-electron chi connectivity index (χ1n) is 8.07. The van der Waals surface area contributed by atoms with Crippen molar-refractivity contribution in [3.8, 4) is 0 Å². The fourth-order valence-corrected chi connectivity index (χ4v) is 2.36. The molecular weight excluding hydrogens is 357 g/mol. The molecular formula is C19H21ClFN3O2. The highest BCUT2D eigenvalue weighted by Crippen LogP contribution is 2.23. The molecule has 0 heterocycles. The lowest BCUT2D eigenvalue weighted by Crippen LogP contribution is -2.26. The number of nitrogens with one attached hydrogen (secondary N) is 2.